The molecular weight excluding hydrogens is 212 g/mol. The van der Waals surface area contributed by atoms with Crippen molar-refractivity contribution in [2.45, 2.75) is 6.42 Å². The van der Waals surface area contributed by atoms with Crippen LogP contribution in [0, 0.1) is 11.8 Å². The summed E-state index contributed by atoms with van der Waals surface area (Å²) in [5.41, 5.74) is 0. The van der Waals surface area contributed by atoms with Crippen LogP contribution in [0.1, 0.15) is 6.42 Å². The van der Waals surface area contributed by atoms with Crippen LogP contribution in [-0.4, -0.2) is 39.0 Å². The van der Waals surface area contributed by atoms with Crippen LogP contribution >= 0.6 is 12.6 Å². The van der Waals surface area contributed by atoms with Gasteiger partial charge in [0.2, 0.25) is 0 Å². The van der Waals surface area contributed by atoms with Crippen LogP contribution in [0.15, 0.2) is 0 Å². The topological polar surface area (TPSA) is 112 Å². The van der Waals surface area contributed by atoms with E-state index in [9.17, 15) is 14.4 Å². The van der Waals surface area contributed by atoms with Crippen molar-refractivity contribution in [2.24, 2.45) is 11.8 Å². The number of aliphatic carboxylic acids is 3. The van der Waals surface area contributed by atoms with Crippen LogP contribution in [0.5, 0.6) is 0 Å². The highest BCUT2D eigenvalue weighted by molar-refractivity contribution is 7.80. The fourth-order valence-corrected chi connectivity index (χ4v) is 1.38. The van der Waals surface area contributed by atoms with Crippen molar-refractivity contribution in [3.05, 3.63) is 0 Å². The molecule has 0 radical (unpaired) electrons. The van der Waals surface area contributed by atoms with Crippen molar-refractivity contribution in [1.29, 1.82) is 0 Å². The Hall–Kier alpha value is -1.24. The molecule has 0 amide bonds. The fourth-order valence-electron chi connectivity index (χ4n) is 0.967. The minimum Gasteiger partial charge on any atom is -0.481 e. The lowest BCUT2D eigenvalue weighted by molar-refractivity contribution is -0.156. The maximum atomic E-state index is 10.6. The molecule has 6 nitrogen and oxygen atoms in total. The Balaban J connectivity index is 4.69. The Kier molecular flexibility index (Phi) is 5.00. The van der Waals surface area contributed by atoms with Gasteiger partial charge >= 0.3 is 17.9 Å². The van der Waals surface area contributed by atoms with E-state index in [0.29, 0.717) is 0 Å². The van der Waals surface area contributed by atoms with Gasteiger partial charge in [-0.3, -0.25) is 14.4 Å². The molecule has 0 aliphatic heterocycles. The largest absolute Gasteiger partial charge is 0.481 e. The Labute approximate surface area is 85.0 Å². The summed E-state index contributed by atoms with van der Waals surface area (Å²) in [7, 11) is 0. The summed E-state index contributed by atoms with van der Waals surface area (Å²) in [6, 6.07) is 0. The summed E-state index contributed by atoms with van der Waals surface area (Å²) in [6.07, 6.45) is -0.715. The van der Waals surface area contributed by atoms with Crippen molar-refractivity contribution in [2.75, 3.05) is 5.75 Å². The summed E-state index contributed by atoms with van der Waals surface area (Å²) in [5.74, 6) is -7.07. The van der Waals surface area contributed by atoms with Crippen molar-refractivity contribution < 1.29 is 29.7 Å². The first-order chi connectivity index (χ1) is 6.40. The molecule has 0 saturated heterocycles. The van der Waals surface area contributed by atoms with Crippen molar-refractivity contribution >= 4 is 30.5 Å². The molecule has 7 heteroatoms. The SMILES string of the molecule is O=C(O)CC(C(=O)O)C(CS)C(=O)O. The highest BCUT2D eigenvalue weighted by atomic mass is 32.1. The molecule has 0 aromatic carbocycles. The second kappa shape index (κ2) is 5.48. The molecule has 0 aliphatic carbocycles. The number of hydrogen-bond donors (Lipinski definition) is 4. The van der Waals surface area contributed by atoms with Gasteiger partial charge < -0.3 is 15.3 Å². The van der Waals surface area contributed by atoms with Crippen molar-refractivity contribution in [3.63, 3.8) is 0 Å². The first-order valence-electron chi connectivity index (χ1n) is 3.68. The van der Waals surface area contributed by atoms with E-state index in [2.05, 4.69) is 12.6 Å². The average Bonchev–Trinajstić information content (AvgIpc) is 2.02. The van der Waals surface area contributed by atoms with Gasteiger partial charge in [-0.2, -0.15) is 12.6 Å². The summed E-state index contributed by atoms with van der Waals surface area (Å²) >= 11 is 3.67. The molecule has 0 aliphatic rings. The summed E-state index contributed by atoms with van der Waals surface area (Å²) in [5, 5.41) is 25.6. The number of carbonyl (C=O) groups is 3. The third-order valence-corrected chi connectivity index (χ3v) is 2.10. The van der Waals surface area contributed by atoms with E-state index in [1.54, 1.807) is 0 Å². The van der Waals surface area contributed by atoms with E-state index in [4.69, 9.17) is 15.3 Å². The third kappa shape index (κ3) is 3.65. The number of carboxylic acids is 3. The van der Waals surface area contributed by atoms with Crippen LogP contribution in [0.4, 0.5) is 0 Å². The van der Waals surface area contributed by atoms with Crippen LogP contribution in [0.25, 0.3) is 0 Å². The highest BCUT2D eigenvalue weighted by Gasteiger charge is 2.34. The zero-order chi connectivity index (χ0) is 11.3. The van der Waals surface area contributed by atoms with Crippen molar-refractivity contribution in [3.8, 4) is 0 Å². The van der Waals surface area contributed by atoms with Crippen LogP contribution in [-0.2, 0) is 14.4 Å². The normalized spacial score (nSPS) is 14.4. The van der Waals surface area contributed by atoms with Crippen LogP contribution in [0.2, 0.25) is 0 Å². The Morgan fingerprint density at radius 1 is 1.00 bits per heavy atom. The van der Waals surface area contributed by atoms with Crippen molar-refractivity contribution in [1.82, 2.24) is 0 Å². The first kappa shape index (κ1) is 12.8. The maximum Gasteiger partial charge on any atom is 0.308 e. The van der Waals surface area contributed by atoms with E-state index < -0.39 is 36.2 Å². The van der Waals surface area contributed by atoms with E-state index in [0.717, 1.165) is 0 Å². The monoisotopic (exact) mass is 222 g/mol. The molecular formula is C7H10O6S. The molecule has 0 bridgehead atoms. The minimum atomic E-state index is -1.44. The molecule has 0 heterocycles. The summed E-state index contributed by atoms with van der Waals surface area (Å²) < 4.78 is 0. The molecule has 0 fully saturated rings. The quantitative estimate of drug-likeness (QED) is 0.463. The average molecular weight is 222 g/mol. The van der Waals surface area contributed by atoms with Gasteiger partial charge in [0.1, 0.15) is 0 Å². The first-order valence-corrected chi connectivity index (χ1v) is 4.31. The fraction of sp³-hybridized carbons (Fsp3) is 0.571. The predicted molar refractivity (Wildman–Crippen MR) is 48.4 cm³/mol. The minimum absolute atomic E-state index is 0.209. The van der Waals surface area contributed by atoms with Gasteiger partial charge in [-0.05, 0) is 0 Å². The van der Waals surface area contributed by atoms with Gasteiger partial charge in [-0.15, -0.1) is 0 Å². The van der Waals surface area contributed by atoms with Gasteiger partial charge in [0.15, 0.2) is 0 Å². The van der Waals surface area contributed by atoms with Gasteiger partial charge in [0.25, 0.3) is 0 Å². The predicted octanol–water partition coefficient (Wildman–Crippen LogP) is -0.208. The third-order valence-electron chi connectivity index (χ3n) is 1.71. The van der Waals surface area contributed by atoms with E-state index >= 15 is 0 Å². The lowest BCUT2D eigenvalue weighted by atomic mass is 9.91. The molecule has 14 heavy (non-hydrogen) atoms. The number of hydrogen-bond acceptors (Lipinski definition) is 4. The van der Waals surface area contributed by atoms with Gasteiger partial charge in [-0.1, -0.05) is 0 Å². The zero-order valence-electron chi connectivity index (χ0n) is 7.08. The lowest BCUT2D eigenvalue weighted by Crippen LogP contribution is -2.32. The number of rotatable bonds is 6. The Bertz CT molecular complexity index is 251. The van der Waals surface area contributed by atoms with E-state index in [-0.39, 0.29) is 5.75 Å². The van der Waals surface area contributed by atoms with Crippen LogP contribution in [0.3, 0.4) is 0 Å². The number of thiol groups is 1. The molecule has 0 saturated carbocycles. The molecule has 2 atom stereocenters. The van der Waals surface area contributed by atoms with Gasteiger partial charge in [0, 0.05) is 5.75 Å². The lowest BCUT2D eigenvalue weighted by Gasteiger charge is -2.16. The number of carboxylic acid groups (broad SMARTS) is 3. The second-order valence-corrected chi connectivity index (χ2v) is 3.04. The van der Waals surface area contributed by atoms with Gasteiger partial charge in [0.05, 0.1) is 18.3 Å². The second-order valence-electron chi connectivity index (χ2n) is 2.67. The van der Waals surface area contributed by atoms with Gasteiger partial charge in [-0.25, -0.2) is 0 Å². The molecule has 2 unspecified atom stereocenters. The zero-order valence-corrected chi connectivity index (χ0v) is 7.98. The highest BCUT2D eigenvalue weighted by Crippen LogP contribution is 2.18. The van der Waals surface area contributed by atoms with Crippen LogP contribution < -0.4 is 0 Å². The Morgan fingerprint density at radius 2 is 1.43 bits per heavy atom. The molecule has 0 rings (SSSR count). The van der Waals surface area contributed by atoms with E-state index in [1.165, 1.54) is 0 Å². The standard InChI is InChI=1S/C7H10O6S/c8-5(9)1-3(6(10)11)4(2-14)7(12)13/h3-4,14H,1-2H2,(H,8,9)(H,10,11)(H,12,13). The smallest absolute Gasteiger partial charge is 0.308 e. The Morgan fingerprint density at radius 3 is 1.64 bits per heavy atom. The molecule has 0 aromatic heterocycles. The van der Waals surface area contributed by atoms with E-state index in [1.807, 2.05) is 0 Å². The maximum absolute atomic E-state index is 10.6. The molecule has 0 aromatic rings. The summed E-state index contributed by atoms with van der Waals surface area (Å²) in [6.45, 7) is 0. The summed E-state index contributed by atoms with van der Waals surface area (Å²) in [4.78, 5) is 31.4. The molecule has 0 spiro atoms. The molecule has 3 N–H and O–H groups in total. The molecule has 80 valence electrons.